The van der Waals surface area contributed by atoms with Crippen molar-refractivity contribution >= 4 is 17.6 Å². The van der Waals surface area contributed by atoms with Gasteiger partial charge in [0.1, 0.15) is 0 Å². The molecule has 1 fully saturated rings. The van der Waals surface area contributed by atoms with Gasteiger partial charge in [-0.2, -0.15) is 5.26 Å². The summed E-state index contributed by atoms with van der Waals surface area (Å²) in [5, 5.41) is 15.0. The van der Waals surface area contributed by atoms with Gasteiger partial charge in [0.15, 0.2) is 0 Å². The molecular formula is C28H36N4O2. The number of anilines is 1. The minimum absolute atomic E-state index is 0.00360. The summed E-state index contributed by atoms with van der Waals surface area (Å²) in [5.41, 5.74) is 4.08. The van der Waals surface area contributed by atoms with Crippen molar-refractivity contribution in [3.05, 3.63) is 64.7 Å². The molecule has 2 aromatic carbocycles. The highest BCUT2D eigenvalue weighted by molar-refractivity contribution is 5.97. The Kier molecular flexibility index (Phi) is 9.09. The molecule has 0 spiro atoms. The number of nitriles is 1. The summed E-state index contributed by atoms with van der Waals surface area (Å²) in [4.78, 5) is 27.6. The van der Waals surface area contributed by atoms with Crippen LogP contribution in [-0.4, -0.2) is 36.0 Å². The van der Waals surface area contributed by atoms with Gasteiger partial charge in [0.25, 0.3) is 5.91 Å². The third-order valence-electron chi connectivity index (χ3n) is 6.76. The van der Waals surface area contributed by atoms with Gasteiger partial charge in [-0.05, 0) is 73.9 Å². The molecule has 0 aliphatic carbocycles. The molecule has 1 heterocycles. The van der Waals surface area contributed by atoms with E-state index in [1.165, 1.54) is 5.56 Å². The van der Waals surface area contributed by atoms with Crippen LogP contribution >= 0.6 is 0 Å². The molecule has 3 rings (SSSR count). The van der Waals surface area contributed by atoms with Gasteiger partial charge in [0.05, 0.1) is 11.6 Å². The van der Waals surface area contributed by atoms with Gasteiger partial charge in [-0.15, -0.1) is 0 Å². The molecule has 1 aliphatic rings. The van der Waals surface area contributed by atoms with Crippen molar-refractivity contribution in [2.75, 3.05) is 18.4 Å². The maximum Gasteiger partial charge on any atom is 0.319 e. The highest BCUT2D eigenvalue weighted by Gasteiger charge is 2.25. The van der Waals surface area contributed by atoms with E-state index in [2.05, 4.69) is 30.6 Å². The van der Waals surface area contributed by atoms with E-state index in [1.54, 1.807) is 6.07 Å². The van der Waals surface area contributed by atoms with Crippen molar-refractivity contribution < 1.29 is 9.59 Å². The number of nitrogens with zero attached hydrogens (tertiary/aromatic N) is 2. The van der Waals surface area contributed by atoms with E-state index < -0.39 is 0 Å². The van der Waals surface area contributed by atoms with Crippen molar-refractivity contribution in [3.8, 4) is 6.07 Å². The minimum atomic E-state index is -0.223. The van der Waals surface area contributed by atoms with Gasteiger partial charge in [-0.3, -0.25) is 4.79 Å². The molecule has 0 aromatic heterocycles. The zero-order valence-electron chi connectivity index (χ0n) is 20.6. The van der Waals surface area contributed by atoms with Crippen molar-refractivity contribution in [1.29, 1.82) is 5.26 Å². The first-order valence-electron chi connectivity index (χ1n) is 12.4. The average Bonchev–Trinajstić information content (AvgIpc) is 2.87. The predicted octanol–water partition coefficient (Wildman–Crippen LogP) is 5.98. The number of benzene rings is 2. The quantitative estimate of drug-likeness (QED) is 0.508. The molecule has 2 aromatic rings. The van der Waals surface area contributed by atoms with E-state index in [9.17, 15) is 9.59 Å². The summed E-state index contributed by atoms with van der Waals surface area (Å²) in [7, 11) is 0. The Bertz CT molecular complexity index is 1020. The predicted molar refractivity (Wildman–Crippen MR) is 136 cm³/mol. The number of amides is 3. The molecule has 1 atom stereocenters. The van der Waals surface area contributed by atoms with Crippen LogP contribution in [-0.2, 0) is 0 Å². The van der Waals surface area contributed by atoms with Gasteiger partial charge >= 0.3 is 6.03 Å². The Morgan fingerprint density at radius 1 is 1.12 bits per heavy atom. The molecule has 0 saturated carbocycles. The molecule has 6 nitrogen and oxygen atoms in total. The fourth-order valence-electron chi connectivity index (χ4n) is 4.49. The van der Waals surface area contributed by atoms with Crippen LogP contribution in [0.4, 0.5) is 10.5 Å². The second-order valence-corrected chi connectivity index (χ2v) is 9.18. The van der Waals surface area contributed by atoms with E-state index in [1.807, 2.05) is 48.2 Å². The van der Waals surface area contributed by atoms with Crippen molar-refractivity contribution in [3.63, 3.8) is 0 Å². The molecule has 1 unspecified atom stereocenters. The summed E-state index contributed by atoms with van der Waals surface area (Å²) in [5.74, 6) is 0.395. The van der Waals surface area contributed by atoms with Crippen molar-refractivity contribution in [1.82, 2.24) is 10.2 Å². The molecule has 6 heteroatoms. The number of aryl methyl sites for hydroxylation is 1. The van der Waals surface area contributed by atoms with Gasteiger partial charge in [0, 0.05) is 30.4 Å². The molecule has 0 bridgehead atoms. The number of carbonyl (C=O) groups excluding carboxylic acids is 2. The van der Waals surface area contributed by atoms with Crippen LogP contribution in [0.25, 0.3) is 0 Å². The molecule has 0 radical (unpaired) electrons. The smallest absolute Gasteiger partial charge is 0.319 e. The number of hydrogen-bond acceptors (Lipinski definition) is 3. The van der Waals surface area contributed by atoms with E-state index in [0.29, 0.717) is 35.8 Å². The van der Waals surface area contributed by atoms with Crippen LogP contribution in [0.15, 0.2) is 42.5 Å². The second kappa shape index (κ2) is 12.2. The first-order chi connectivity index (χ1) is 16.4. The van der Waals surface area contributed by atoms with Gasteiger partial charge in [-0.25, -0.2) is 4.79 Å². The zero-order chi connectivity index (χ0) is 24.5. The Balaban J connectivity index is 1.59. The lowest BCUT2D eigenvalue weighted by Gasteiger charge is -2.32. The summed E-state index contributed by atoms with van der Waals surface area (Å²) >= 11 is 0. The molecule has 180 valence electrons. The van der Waals surface area contributed by atoms with Gasteiger partial charge in [-0.1, -0.05) is 44.9 Å². The number of carbonyl (C=O) groups is 2. The third-order valence-corrected chi connectivity index (χ3v) is 6.76. The Labute approximate surface area is 203 Å². The van der Waals surface area contributed by atoms with E-state index in [-0.39, 0.29) is 18.0 Å². The van der Waals surface area contributed by atoms with Crippen molar-refractivity contribution in [2.45, 2.75) is 71.3 Å². The van der Waals surface area contributed by atoms with Crippen LogP contribution in [0, 0.1) is 18.3 Å². The number of likely N-dealkylation sites (tertiary alicyclic amines) is 1. The molecule has 1 saturated heterocycles. The number of nitrogens with one attached hydrogen (secondary N) is 2. The topological polar surface area (TPSA) is 85.2 Å². The van der Waals surface area contributed by atoms with Crippen LogP contribution in [0.1, 0.15) is 85.3 Å². The lowest BCUT2D eigenvalue weighted by molar-refractivity contribution is 0.0713. The largest absolute Gasteiger partial charge is 0.339 e. The maximum absolute atomic E-state index is 13.2. The zero-order valence-corrected chi connectivity index (χ0v) is 20.6. The Hall–Kier alpha value is -3.33. The lowest BCUT2D eigenvalue weighted by Crippen LogP contribution is -2.38. The average molecular weight is 461 g/mol. The van der Waals surface area contributed by atoms with E-state index >= 15 is 0 Å². The fraction of sp³-hybridized carbons (Fsp3) is 0.464. The molecule has 1 aliphatic heterocycles. The van der Waals surface area contributed by atoms with Crippen LogP contribution in [0.3, 0.4) is 0 Å². The highest BCUT2D eigenvalue weighted by atomic mass is 16.2. The Morgan fingerprint density at radius 2 is 1.82 bits per heavy atom. The van der Waals surface area contributed by atoms with E-state index in [4.69, 9.17) is 5.26 Å². The molecule has 3 amide bonds. The molecule has 34 heavy (non-hydrogen) atoms. The number of unbranched alkanes of at least 4 members (excludes halogenated alkanes) is 1. The number of rotatable bonds is 8. The van der Waals surface area contributed by atoms with E-state index in [0.717, 1.165) is 44.1 Å². The maximum atomic E-state index is 13.2. The van der Waals surface area contributed by atoms with Crippen LogP contribution < -0.4 is 10.6 Å². The normalized spacial score (nSPS) is 14.8. The monoisotopic (exact) mass is 460 g/mol. The van der Waals surface area contributed by atoms with Gasteiger partial charge in [0.2, 0.25) is 0 Å². The standard InChI is InChI=1S/C28H36N4O2/c1-4-6-7-25(5-2)30-28(34)31-26-18-24(11-8-20(26)3)27(33)32-16-14-23(15-17-32)22-12-9-21(19-29)10-13-22/h8-13,18,23,25H,4-7,14-17H2,1-3H3,(H2,30,31,34). The first-order valence-corrected chi connectivity index (χ1v) is 12.4. The lowest BCUT2D eigenvalue weighted by atomic mass is 9.89. The summed E-state index contributed by atoms with van der Waals surface area (Å²) < 4.78 is 0. The summed E-state index contributed by atoms with van der Waals surface area (Å²) in [6.07, 6.45) is 5.84. The van der Waals surface area contributed by atoms with Crippen LogP contribution in [0.2, 0.25) is 0 Å². The minimum Gasteiger partial charge on any atom is -0.339 e. The Morgan fingerprint density at radius 3 is 2.44 bits per heavy atom. The van der Waals surface area contributed by atoms with Crippen LogP contribution in [0.5, 0.6) is 0 Å². The summed E-state index contributed by atoms with van der Waals surface area (Å²) in [6, 6.07) is 15.4. The highest BCUT2D eigenvalue weighted by Crippen LogP contribution is 2.29. The number of hydrogen-bond donors (Lipinski definition) is 2. The number of urea groups is 1. The molecular weight excluding hydrogens is 424 g/mol. The SMILES string of the molecule is CCCCC(CC)NC(=O)Nc1cc(C(=O)N2CCC(c3ccc(C#N)cc3)CC2)ccc1C. The van der Waals surface area contributed by atoms with Crippen molar-refractivity contribution in [2.24, 2.45) is 0 Å². The number of piperidine rings is 1. The van der Waals surface area contributed by atoms with Gasteiger partial charge < -0.3 is 15.5 Å². The first kappa shape index (κ1) is 25.3. The summed E-state index contributed by atoms with van der Waals surface area (Å²) in [6.45, 7) is 7.54. The fourth-order valence-corrected chi connectivity index (χ4v) is 4.49. The second-order valence-electron chi connectivity index (χ2n) is 9.18. The third kappa shape index (κ3) is 6.60. The molecule has 2 N–H and O–H groups in total.